The van der Waals surface area contributed by atoms with Gasteiger partial charge in [0.25, 0.3) is 0 Å². The molecular weight excluding hydrogens is 240 g/mol. The van der Waals surface area contributed by atoms with Crippen molar-refractivity contribution in [3.8, 4) is 11.1 Å². The Bertz CT molecular complexity index is 677. The maximum absolute atomic E-state index is 2.17. The molecule has 0 unspecified atom stereocenters. The van der Waals surface area contributed by atoms with E-state index in [1.54, 1.807) is 0 Å². The summed E-state index contributed by atoms with van der Waals surface area (Å²) in [6.45, 7) is 0. The molecule has 0 heterocycles. The van der Waals surface area contributed by atoms with Gasteiger partial charge in [0.2, 0.25) is 0 Å². The molecule has 0 N–H and O–H groups in total. The monoisotopic (exact) mass is 256 g/mol. The summed E-state index contributed by atoms with van der Waals surface area (Å²) >= 11 is 0. The SMILES string of the molecule is C(=Cc1ccc(-c2ccccc2)cc1)c1ccccc1. The maximum Gasteiger partial charge on any atom is -0.0184 e. The minimum absolute atomic E-state index is 1.22. The smallest absolute Gasteiger partial charge is 0.0184 e. The molecule has 0 aliphatic carbocycles. The molecule has 0 saturated heterocycles. The van der Waals surface area contributed by atoms with Crippen LogP contribution in [0.15, 0.2) is 84.9 Å². The van der Waals surface area contributed by atoms with Crippen LogP contribution in [0, 0.1) is 0 Å². The molecule has 0 aliphatic rings. The zero-order chi connectivity index (χ0) is 13.6. The number of hydrogen-bond acceptors (Lipinski definition) is 0. The molecule has 3 aromatic rings. The van der Waals surface area contributed by atoms with Gasteiger partial charge in [-0.05, 0) is 22.3 Å². The Morgan fingerprint density at radius 3 is 1.45 bits per heavy atom. The maximum atomic E-state index is 2.17. The van der Waals surface area contributed by atoms with E-state index in [0.29, 0.717) is 0 Å². The van der Waals surface area contributed by atoms with E-state index in [2.05, 4.69) is 84.9 Å². The van der Waals surface area contributed by atoms with Crippen molar-refractivity contribution in [3.05, 3.63) is 96.1 Å². The van der Waals surface area contributed by atoms with Crippen molar-refractivity contribution in [2.45, 2.75) is 0 Å². The summed E-state index contributed by atoms with van der Waals surface area (Å²) < 4.78 is 0. The molecular formula is C20H16. The predicted octanol–water partition coefficient (Wildman–Crippen LogP) is 5.52. The summed E-state index contributed by atoms with van der Waals surface area (Å²) in [6, 6.07) is 29.4. The lowest BCUT2D eigenvalue weighted by molar-refractivity contribution is 1.60. The first kappa shape index (κ1) is 12.4. The molecule has 20 heavy (non-hydrogen) atoms. The fourth-order valence-electron chi connectivity index (χ4n) is 2.17. The number of benzene rings is 3. The lowest BCUT2D eigenvalue weighted by atomic mass is 10.0. The minimum atomic E-state index is 1.22. The van der Waals surface area contributed by atoms with Crippen LogP contribution in [0.1, 0.15) is 11.1 Å². The topological polar surface area (TPSA) is 0 Å². The second-order valence-corrected chi connectivity index (χ2v) is 4.73. The second kappa shape index (κ2) is 6.03. The van der Waals surface area contributed by atoms with Gasteiger partial charge in [-0.2, -0.15) is 0 Å². The van der Waals surface area contributed by atoms with E-state index in [9.17, 15) is 0 Å². The summed E-state index contributed by atoms with van der Waals surface area (Å²) in [5.74, 6) is 0. The fraction of sp³-hybridized carbons (Fsp3) is 0. The average Bonchev–Trinajstić information content (AvgIpc) is 2.55. The van der Waals surface area contributed by atoms with Gasteiger partial charge in [-0.1, -0.05) is 97.1 Å². The number of hydrogen-bond donors (Lipinski definition) is 0. The quantitative estimate of drug-likeness (QED) is 0.541. The third-order valence-electron chi connectivity index (χ3n) is 3.29. The fourth-order valence-corrected chi connectivity index (χ4v) is 2.17. The van der Waals surface area contributed by atoms with Gasteiger partial charge in [0.05, 0.1) is 0 Å². The van der Waals surface area contributed by atoms with E-state index in [0.717, 1.165) is 0 Å². The third kappa shape index (κ3) is 3.04. The molecule has 0 aromatic heterocycles. The molecule has 0 nitrogen and oxygen atoms in total. The summed E-state index contributed by atoms with van der Waals surface area (Å²) in [5.41, 5.74) is 4.95. The molecule has 0 heteroatoms. The summed E-state index contributed by atoms with van der Waals surface area (Å²) in [5, 5.41) is 0. The minimum Gasteiger partial charge on any atom is -0.0622 e. The molecule has 3 rings (SSSR count). The second-order valence-electron chi connectivity index (χ2n) is 4.73. The first-order valence-electron chi connectivity index (χ1n) is 6.80. The van der Waals surface area contributed by atoms with Crippen LogP contribution in [-0.2, 0) is 0 Å². The van der Waals surface area contributed by atoms with Crippen LogP contribution in [0.3, 0.4) is 0 Å². The Hall–Kier alpha value is -2.60. The standard InChI is InChI=1S/C20H16/c1-3-7-17(8-4-1)11-12-18-13-15-20(16-14-18)19-9-5-2-6-10-19/h1-16H. The van der Waals surface area contributed by atoms with E-state index >= 15 is 0 Å². The molecule has 0 atom stereocenters. The molecule has 0 bridgehead atoms. The van der Waals surface area contributed by atoms with Crippen molar-refractivity contribution >= 4 is 12.2 Å². The van der Waals surface area contributed by atoms with Gasteiger partial charge in [-0.15, -0.1) is 0 Å². The van der Waals surface area contributed by atoms with Crippen LogP contribution >= 0.6 is 0 Å². The van der Waals surface area contributed by atoms with Gasteiger partial charge in [0.15, 0.2) is 0 Å². The van der Waals surface area contributed by atoms with Crippen molar-refractivity contribution in [2.75, 3.05) is 0 Å². The van der Waals surface area contributed by atoms with Crippen molar-refractivity contribution < 1.29 is 0 Å². The first-order valence-corrected chi connectivity index (χ1v) is 6.80. The van der Waals surface area contributed by atoms with Crippen LogP contribution in [0.25, 0.3) is 23.3 Å². The lowest BCUT2D eigenvalue weighted by Gasteiger charge is -2.01. The highest BCUT2D eigenvalue weighted by Crippen LogP contribution is 2.20. The van der Waals surface area contributed by atoms with Gasteiger partial charge in [0, 0.05) is 0 Å². The van der Waals surface area contributed by atoms with E-state index < -0.39 is 0 Å². The van der Waals surface area contributed by atoms with E-state index in [1.807, 2.05) is 12.1 Å². The molecule has 96 valence electrons. The Kier molecular flexibility index (Phi) is 3.75. The molecule has 0 fully saturated rings. The lowest BCUT2D eigenvalue weighted by Crippen LogP contribution is -1.78. The van der Waals surface area contributed by atoms with Crippen LogP contribution in [0.2, 0.25) is 0 Å². The third-order valence-corrected chi connectivity index (χ3v) is 3.29. The molecule has 0 amide bonds. The zero-order valence-electron chi connectivity index (χ0n) is 11.2. The highest BCUT2D eigenvalue weighted by atomic mass is 14.0. The van der Waals surface area contributed by atoms with Crippen molar-refractivity contribution in [1.29, 1.82) is 0 Å². The molecule has 0 saturated carbocycles. The Morgan fingerprint density at radius 2 is 0.850 bits per heavy atom. The normalized spacial score (nSPS) is 10.8. The van der Waals surface area contributed by atoms with Crippen LogP contribution in [-0.4, -0.2) is 0 Å². The van der Waals surface area contributed by atoms with Crippen molar-refractivity contribution in [3.63, 3.8) is 0 Å². The summed E-state index contributed by atoms with van der Waals surface area (Å²) in [4.78, 5) is 0. The highest BCUT2D eigenvalue weighted by molar-refractivity contribution is 5.72. The van der Waals surface area contributed by atoms with Crippen LogP contribution < -0.4 is 0 Å². The van der Waals surface area contributed by atoms with Gasteiger partial charge >= 0.3 is 0 Å². The molecule has 3 aromatic carbocycles. The van der Waals surface area contributed by atoms with Gasteiger partial charge in [-0.25, -0.2) is 0 Å². The van der Waals surface area contributed by atoms with E-state index in [1.165, 1.54) is 22.3 Å². The van der Waals surface area contributed by atoms with Gasteiger partial charge in [0.1, 0.15) is 0 Å². The molecule has 0 spiro atoms. The molecule has 0 aliphatic heterocycles. The summed E-state index contributed by atoms with van der Waals surface area (Å²) in [7, 11) is 0. The highest BCUT2D eigenvalue weighted by Gasteiger charge is 1.95. The Balaban J connectivity index is 1.79. The van der Waals surface area contributed by atoms with Gasteiger partial charge in [-0.3, -0.25) is 0 Å². The Morgan fingerprint density at radius 1 is 0.400 bits per heavy atom. The van der Waals surface area contributed by atoms with E-state index in [4.69, 9.17) is 0 Å². The predicted molar refractivity (Wildman–Crippen MR) is 87.2 cm³/mol. The Labute approximate surface area is 120 Å². The first-order chi connectivity index (χ1) is 9.92. The van der Waals surface area contributed by atoms with Crippen molar-refractivity contribution in [1.82, 2.24) is 0 Å². The number of rotatable bonds is 3. The van der Waals surface area contributed by atoms with Gasteiger partial charge < -0.3 is 0 Å². The largest absolute Gasteiger partial charge is 0.0622 e. The van der Waals surface area contributed by atoms with Crippen LogP contribution in [0.5, 0.6) is 0 Å². The van der Waals surface area contributed by atoms with Crippen molar-refractivity contribution in [2.24, 2.45) is 0 Å². The van der Waals surface area contributed by atoms with E-state index in [-0.39, 0.29) is 0 Å². The molecule has 0 radical (unpaired) electrons. The zero-order valence-corrected chi connectivity index (χ0v) is 11.2. The average molecular weight is 256 g/mol. The van der Waals surface area contributed by atoms with Crippen LogP contribution in [0.4, 0.5) is 0 Å². The summed E-state index contributed by atoms with van der Waals surface area (Å²) in [6.07, 6.45) is 4.28.